The second-order valence-corrected chi connectivity index (χ2v) is 5.44. The number of benzene rings is 2. The molecule has 0 aliphatic rings. The number of nitrogens with one attached hydrogen (secondary N) is 1. The summed E-state index contributed by atoms with van der Waals surface area (Å²) in [6.07, 6.45) is 1.06. The van der Waals surface area contributed by atoms with Crippen molar-refractivity contribution < 1.29 is 0 Å². The third-order valence-corrected chi connectivity index (χ3v) is 3.55. The van der Waals surface area contributed by atoms with E-state index in [1.807, 2.05) is 0 Å². The molecule has 0 spiro atoms. The highest BCUT2D eigenvalue weighted by molar-refractivity contribution is 9.10. The van der Waals surface area contributed by atoms with Crippen molar-refractivity contribution in [2.24, 2.45) is 0 Å². The summed E-state index contributed by atoms with van der Waals surface area (Å²) in [6.45, 7) is 4.31. The molecule has 94 valence electrons. The second-order valence-electron chi connectivity index (χ2n) is 4.53. The third kappa shape index (κ3) is 3.36. The number of hydrogen-bond acceptors (Lipinski definition) is 1. The van der Waals surface area contributed by atoms with Crippen molar-refractivity contribution in [2.75, 3.05) is 5.32 Å². The minimum absolute atomic E-state index is 0.352. The van der Waals surface area contributed by atoms with Crippen LogP contribution in [0.3, 0.4) is 0 Å². The molecule has 2 aromatic carbocycles. The summed E-state index contributed by atoms with van der Waals surface area (Å²) in [5.41, 5.74) is 3.77. The molecular formula is C16H18BrN. The van der Waals surface area contributed by atoms with E-state index in [0.717, 1.165) is 10.9 Å². The van der Waals surface area contributed by atoms with Gasteiger partial charge in [-0.05, 0) is 43.2 Å². The van der Waals surface area contributed by atoms with Crippen molar-refractivity contribution in [3.63, 3.8) is 0 Å². The fraction of sp³-hybridized carbons (Fsp3) is 0.250. The van der Waals surface area contributed by atoms with Crippen molar-refractivity contribution in [3.05, 3.63) is 64.1 Å². The number of rotatable bonds is 4. The molecule has 0 radical (unpaired) electrons. The monoisotopic (exact) mass is 303 g/mol. The molecule has 18 heavy (non-hydrogen) atoms. The van der Waals surface area contributed by atoms with E-state index >= 15 is 0 Å². The molecule has 0 bridgehead atoms. The Balaban J connectivity index is 2.17. The van der Waals surface area contributed by atoms with E-state index in [1.54, 1.807) is 0 Å². The van der Waals surface area contributed by atoms with E-state index in [2.05, 4.69) is 83.6 Å². The van der Waals surface area contributed by atoms with Crippen LogP contribution in [-0.2, 0) is 0 Å². The molecule has 2 heteroatoms. The number of aryl methyl sites for hydroxylation is 1. The van der Waals surface area contributed by atoms with Gasteiger partial charge in [0.05, 0.1) is 6.04 Å². The summed E-state index contributed by atoms with van der Waals surface area (Å²) in [5.74, 6) is 0. The summed E-state index contributed by atoms with van der Waals surface area (Å²) >= 11 is 3.53. The van der Waals surface area contributed by atoms with Crippen LogP contribution in [0.5, 0.6) is 0 Å². The maximum Gasteiger partial charge on any atom is 0.0511 e. The van der Waals surface area contributed by atoms with Gasteiger partial charge in [-0.3, -0.25) is 0 Å². The van der Waals surface area contributed by atoms with Gasteiger partial charge in [-0.1, -0.05) is 52.7 Å². The van der Waals surface area contributed by atoms with Crippen LogP contribution >= 0.6 is 15.9 Å². The zero-order valence-corrected chi connectivity index (χ0v) is 12.4. The summed E-state index contributed by atoms with van der Waals surface area (Å²) in [5, 5.41) is 3.58. The maximum atomic E-state index is 3.58. The standard InChI is InChI=1S/C16H18BrN/c1-3-16(13-5-4-6-14(17)11-13)18-15-9-7-12(2)8-10-15/h4-11,16,18H,3H2,1-2H3. The summed E-state index contributed by atoms with van der Waals surface area (Å²) < 4.78 is 1.13. The average molecular weight is 304 g/mol. The van der Waals surface area contributed by atoms with Gasteiger partial charge in [-0.25, -0.2) is 0 Å². The molecule has 0 saturated carbocycles. The summed E-state index contributed by atoms with van der Waals surface area (Å²) in [6, 6.07) is 17.4. The lowest BCUT2D eigenvalue weighted by Gasteiger charge is -2.19. The zero-order chi connectivity index (χ0) is 13.0. The normalized spacial score (nSPS) is 12.2. The predicted molar refractivity (Wildman–Crippen MR) is 82.0 cm³/mol. The van der Waals surface area contributed by atoms with Crippen molar-refractivity contribution in [2.45, 2.75) is 26.3 Å². The van der Waals surface area contributed by atoms with E-state index in [9.17, 15) is 0 Å². The SMILES string of the molecule is CCC(Nc1ccc(C)cc1)c1cccc(Br)c1. The van der Waals surface area contributed by atoms with Gasteiger partial charge < -0.3 is 5.32 Å². The van der Waals surface area contributed by atoms with Crippen LogP contribution in [-0.4, -0.2) is 0 Å². The molecule has 1 atom stereocenters. The Morgan fingerprint density at radius 2 is 1.83 bits per heavy atom. The minimum Gasteiger partial charge on any atom is -0.378 e. The molecule has 0 fully saturated rings. The molecule has 2 rings (SSSR count). The highest BCUT2D eigenvalue weighted by Gasteiger charge is 2.09. The van der Waals surface area contributed by atoms with Gasteiger partial charge in [0.15, 0.2) is 0 Å². The van der Waals surface area contributed by atoms with Crippen molar-refractivity contribution in [1.29, 1.82) is 0 Å². The van der Waals surface area contributed by atoms with Gasteiger partial charge >= 0.3 is 0 Å². The van der Waals surface area contributed by atoms with Crippen molar-refractivity contribution >= 4 is 21.6 Å². The van der Waals surface area contributed by atoms with Crippen molar-refractivity contribution in [3.8, 4) is 0 Å². The van der Waals surface area contributed by atoms with E-state index in [1.165, 1.54) is 16.8 Å². The maximum absolute atomic E-state index is 3.58. The molecule has 0 aliphatic carbocycles. The third-order valence-electron chi connectivity index (χ3n) is 3.05. The Labute approximate surface area is 117 Å². The van der Waals surface area contributed by atoms with Crippen LogP contribution in [0, 0.1) is 6.92 Å². The topological polar surface area (TPSA) is 12.0 Å². The second kappa shape index (κ2) is 6.05. The lowest BCUT2D eigenvalue weighted by Crippen LogP contribution is -2.09. The Bertz CT molecular complexity index is 505. The van der Waals surface area contributed by atoms with E-state index in [4.69, 9.17) is 0 Å². The molecule has 0 aliphatic heterocycles. The molecule has 0 heterocycles. The molecule has 0 saturated heterocycles. The van der Waals surface area contributed by atoms with Crippen molar-refractivity contribution in [1.82, 2.24) is 0 Å². The molecule has 2 aromatic rings. The largest absolute Gasteiger partial charge is 0.378 e. The summed E-state index contributed by atoms with van der Waals surface area (Å²) in [7, 11) is 0. The Morgan fingerprint density at radius 1 is 1.11 bits per heavy atom. The first-order valence-corrected chi connectivity index (χ1v) is 7.07. The lowest BCUT2D eigenvalue weighted by atomic mass is 10.0. The van der Waals surface area contributed by atoms with Crippen LogP contribution in [0.1, 0.15) is 30.5 Å². The van der Waals surface area contributed by atoms with Gasteiger partial charge in [0.25, 0.3) is 0 Å². The van der Waals surface area contributed by atoms with E-state index in [-0.39, 0.29) is 0 Å². The molecule has 0 amide bonds. The molecule has 1 N–H and O–H groups in total. The van der Waals surface area contributed by atoms with E-state index in [0.29, 0.717) is 6.04 Å². The molecule has 1 unspecified atom stereocenters. The van der Waals surface area contributed by atoms with E-state index < -0.39 is 0 Å². The van der Waals surface area contributed by atoms with Gasteiger partial charge in [0.1, 0.15) is 0 Å². The van der Waals surface area contributed by atoms with Crippen LogP contribution in [0.4, 0.5) is 5.69 Å². The quantitative estimate of drug-likeness (QED) is 0.806. The number of halogens is 1. The zero-order valence-electron chi connectivity index (χ0n) is 10.8. The molecular weight excluding hydrogens is 286 g/mol. The van der Waals surface area contributed by atoms with Crippen LogP contribution in [0.2, 0.25) is 0 Å². The Morgan fingerprint density at radius 3 is 2.44 bits per heavy atom. The number of anilines is 1. The van der Waals surface area contributed by atoms with Gasteiger partial charge in [-0.2, -0.15) is 0 Å². The van der Waals surface area contributed by atoms with Crippen LogP contribution < -0.4 is 5.32 Å². The highest BCUT2D eigenvalue weighted by atomic mass is 79.9. The smallest absolute Gasteiger partial charge is 0.0511 e. The van der Waals surface area contributed by atoms with Gasteiger partial charge in [0.2, 0.25) is 0 Å². The summed E-state index contributed by atoms with van der Waals surface area (Å²) in [4.78, 5) is 0. The average Bonchev–Trinajstić information content (AvgIpc) is 2.38. The Kier molecular flexibility index (Phi) is 4.43. The van der Waals surface area contributed by atoms with Crippen LogP contribution in [0.25, 0.3) is 0 Å². The molecule has 1 nitrogen and oxygen atoms in total. The fourth-order valence-corrected chi connectivity index (χ4v) is 2.41. The van der Waals surface area contributed by atoms with Crippen LogP contribution in [0.15, 0.2) is 53.0 Å². The number of hydrogen-bond donors (Lipinski definition) is 1. The predicted octanol–water partition coefficient (Wildman–Crippen LogP) is 5.32. The Hall–Kier alpha value is -1.28. The minimum atomic E-state index is 0.352. The van der Waals surface area contributed by atoms with Gasteiger partial charge in [-0.15, -0.1) is 0 Å². The first kappa shape index (κ1) is 13.2. The lowest BCUT2D eigenvalue weighted by molar-refractivity contribution is 0.749. The molecule has 0 aromatic heterocycles. The first-order chi connectivity index (χ1) is 8.69. The van der Waals surface area contributed by atoms with Gasteiger partial charge in [0, 0.05) is 10.2 Å². The first-order valence-electron chi connectivity index (χ1n) is 6.27. The fourth-order valence-electron chi connectivity index (χ4n) is 2.00. The highest BCUT2D eigenvalue weighted by Crippen LogP contribution is 2.24.